The Morgan fingerprint density at radius 1 is 1.27 bits per heavy atom. The second kappa shape index (κ2) is 6.09. The normalized spacial score (nSPS) is 13.7. The summed E-state index contributed by atoms with van der Waals surface area (Å²) in [5.74, 6) is -0.780. The van der Waals surface area contributed by atoms with Gasteiger partial charge in [-0.3, -0.25) is 4.79 Å². The van der Waals surface area contributed by atoms with Crippen LogP contribution in [0.5, 0.6) is 0 Å². The topological polar surface area (TPSA) is 64.8 Å². The van der Waals surface area contributed by atoms with Gasteiger partial charge >= 0.3 is 0 Å². The van der Waals surface area contributed by atoms with Crippen LogP contribution in [0.4, 0.5) is 8.78 Å². The van der Waals surface area contributed by atoms with Crippen molar-refractivity contribution in [2.75, 3.05) is 0 Å². The number of imidazole rings is 1. The first-order valence-corrected chi connectivity index (χ1v) is 8.43. The Kier molecular flexibility index (Phi) is 3.86. The van der Waals surface area contributed by atoms with E-state index in [1.807, 2.05) is 17.2 Å². The van der Waals surface area contributed by atoms with Crippen LogP contribution in [0.25, 0.3) is 17.0 Å². The van der Waals surface area contributed by atoms with Crippen molar-refractivity contribution in [1.29, 1.82) is 0 Å². The van der Waals surface area contributed by atoms with Crippen molar-refractivity contribution in [3.05, 3.63) is 69.2 Å². The fourth-order valence-electron chi connectivity index (χ4n) is 3.20. The molecule has 1 aromatic carbocycles. The summed E-state index contributed by atoms with van der Waals surface area (Å²) in [4.78, 5) is 24.2. The minimum atomic E-state index is -1.03. The number of fused-ring (bicyclic) bond motifs is 2. The van der Waals surface area contributed by atoms with Crippen LogP contribution >= 0.6 is 0 Å². The van der Waals surface area contributed by atoms with Crippen LogP contribution < -0.4 is 5.56 Å². The summed E-state index contributed by atoms with van der Waals surface area (Å²) in [6.07, 6.45) is 3.82. The highest BCUT2D eigenvalue weighted by Crippen LogP contribution is 2.25. The number of H-pyrrole nitrogens is 2. The molecule has 0 saturated carbocycles. The Balaban J connectivity index is 1.68. The van der Waals surface area contributed by atoms with Crippen molar-refractivity contribution < 1.29 is 8.78 Å². The predicted octanol–water partition coefficient (Wildman–Crippen LogP) is 3.64. The molecule has 4 rings (SSSR count). The first kappa shape index (κ1) is 16.5. The third kappa shape index (κ3) is 2.79. The average Bonchev–Trinajstić information content (AvgIpc) is 3.02. The molecule has 0 amide bonds. The number of nitrogens with one attached hydrogen (secondary N) is 2. The summed E-state index contributed by atoms with van der Waals surface area (Å²) in [5, 5.41) is 0.496. The molecule has 0 spiro atoms. The van der Waals surface area contributed by atoms with Gasteiger partial charge in [-0.25, -0.2) is 13.8 Å². The van der Waals surface area contributed by atoms with Gasteiger partial charge in [-0.15, -0.1) is 0 Å². The Hall–Kier alpha value is -2.96. The van der Waals surface area contributed by atoms with Gasteiger partial charge in [0.15, 0.2) is 11.6 Å². The molecule has 1 aliphatic rings. The lowest BCUT2D eigenvalue weighted by molar-refractivity contribution is 0.356. The Bertz CT molecular complexity index is 1080. The van der Waals surface area contributed by atoms with Gasteiger partial charge in [-0.2, -0.15) is 0 Å². The average molecular weight is 356 g/mol. The van der Waals surface area contributed by atoms with Crippen molar-refractivity contribution in [3.8, 4) is 0 Å². The molecule has 3 aromatic rings. The van der Waals surface area contributed by atoms with E-state index in [9.17, 15) is 13.6 Å². The highest BCUT2D eigenvalue weighted by atomic mass is 19.2. The summed E-state index contributed by atoms with van der Waals surface area (Å²) in [7, 11) is 0. The minimum Gasteiger partial charge on any atom is -0.367 e. The molecular formula is C19H18F2N4O. The number of benzene rings is 1. The Labute approximate surface area is 148 Å². The zero-order valence-corrected chi connectivity index (χ0v) is 14.4. The predicted molar refractivity (Wildman–Crippen MR) is 95.4 cm³/mol. The van der Waals surface area contributed by atoms with Gasteiger partial charge in [-0.05, 0) is 23.8 Å². The van der Waals surface area contributed by atoms with Crippen molar-refractivity contribution in [2.24, 2.45) is 0 Å². The summed E-state index contributed by atoms with van der Waals surface area (Å²) in [6.45, 7) is 5.14. The second-order valence-electron chi connectivity index (χ2n) is 6.80. The van der Waals surface area contributed by atoms with Gasteiger partial charge < -0.3 is 14.9 Å². The largest absolute Gasteiger partial charge is 0.367 e. The number of aromatic nitrogens is 3. The Morgan fingerprint density at radius 2 is 2.08 bits per heavy atom. The van der Waals surface area contributed by atoms with Crippen LogP contribution in [-0.4, -0.2) is 19.9 Å². The van der Waals surface area contributed by atoms with E-state index in [0.717, 1.165) is 23.3 Å². The lowest BCUT2D eigenvalue weighted by atomic mass is 10.1. The maximum absolute atomic E-state index is 14.0. The molecule has 0 unspecified atom stereocenters. The first-order chi connectivity index (χ1) is 12.4. The lowest BCUT2D eigenvalue weighted by Crippen LogP contribution is -2.21. The fraction of sp³-hybridized carbons (Fsp3) is 0.263. The van der Waals surface area contributed by atoms with Crippen LogP contribution in [0.3, 0.4) is 0 Å². The molecule has 0 atom stereocenters. The van der Waals surface area contributed by atoms with Gasteiger partial charge in [0, 0.05) is 30.1 Å². The number of pyridine rings is 1. The monoisotopic (exact) mass is 356 g/mol. The third-order valence-electron chi connectivity index (χ3n) is 4.55. The number of halogens is 2. The smallest absolute Gasteiger partial charge is 0.248 e. The molecule has 134 valence electrons. The van der Waals surface area contributed by atoms with E-state index in [1.165, 1.54) is 12.1 Å². The van der Waals surface area contributed by atoms with Crippen molar-refractivity contribution >= 4 is 17.0 Å². The van der Waals surface area contributed by atoms with Crippen LogP contribution in [0, 0.1) is 11.6 Å². The van der Waals surface area contributed by atoms with Crippen LogP contribution in [-0.2, 0) is 13.1 Å². The molecule has 2 N–H and O–H groups in total. The third-order valence-corrected chi connectivity index (χ3v) is 4.55. The summed E-state index contributed by atoms with van der Waals surface area (Å²) in [5.41, 5.74) is 2.00. The van der Waals surface area contributed by atoms with E-state index < -0.39 is 17.2 Å². The molecule has 0 bridgehead atoms. The SMILES string of the molecule is CC(C)c1nc2c([nH]1)CN(Cc1cc(=O)[nH]c3c(F)c(F)ccc13)C=C2. The number of aromatic amines is 2. The highest BCUT2D eigenvalue weighted by molar-refractivity contribution is 5.82. The number of hydrogen-bond acceptors (Lipinski definition) is 3. The molecule has 0 fully saturated rings. The van der Waals surface area contributed by atoms with Gasteiger partial charge in [0.1, 0.15) is 5.82 Å². The number of nitrogens with zero attached hydrogens (tertiary/aromatic N) is 2. The van der Waals surface area contributed by atoms with E-state index >= 15 is 0 Å². The number of rotatable bonds is 3. The van der Waals surface area contributed by atoms with Crippen molar-refractivity contribution in [2.45, 2.75) is 32.9 Å². The summed E-state index contributed by atoms with van der Waals surface area (Å²) >= 11 is 0. The van der Waals surface area contributed by atoms with Gasteiger partial charge in [0.25, 0.3) is 0 Å². The first-order valence-electron chi connectivity index (χ1n) is 8.43. The van der Waals surface area contributed by atoms with E-state index in [1.54, 1.807) is 0 Å². The Morgan fingerprint density at radius 3 is 2.85 bits per heavy atom. The molecular weight excluding hydrogens is 338 g/mol. The molecule has 2 aromatic heterocycles. The summed E-state index contributed by atoms with van der Waals surface area (Å²) < 4.78 is 27.5. The van der Waals surface area contributed by atoms with Crippen molar-refractivity contribution in [3.63, 3.8) is 0 Å². The van der Waals surface area contributed by atoms with E-state index in [2.05, 4.69) is 28.8 Å². The number of hydrogen-bond donors (Lipinski definition) is 2. The maximum atomic E-state index is 14.0. The van der Waals surface area contributed by atoms with E-state index in [4.69, 9.17) is 0 Å². The van der Waals surface area contributed by atoms with Gasteiger partial charge in [0.2, 0.25) is 5.56 Å². The molecule has 1 aliphatic heterocycles. The quantitative estimate of drug-likeness (QED) is 0.753. The van der Waals surface area contributed by atoms with Gasteiger partial charge in [0.05, 0.1) is 23.4 Å². The molecule has 5 nitrogen and oxygen atoms in total. The van der Waals surface area contributed by atoms with Gasteiger partial charge in [-0.1, -0.05) is 13.8 Å². The molecule has 7 heteroatoms. The highest BCUT2D eigenvalue weighted by Gasteiger charge is 2.18. The van der Waals surface area contributed by atoms with Crippen LogP contribution in [0.2, 0.25) is 0 Å². The molecule has 0 aliphatic carbocycles. The molecule has 26 heavy (non-hydrogen) atoms. The molecule has 3 heterocycles. The minimum absolute atomic E-state index is 0.0992. The lowest BCUT2D eigenvalue weighted by Gasteiger charge is -2.23. The second-order valence-corrected chi connectivity index (χ2v) is 6.80. The van der Waals surface area contributed by atoms with Crippen LogP contribution in [0.1, 0.15) is 42.5 Å². The fourth-order valence-corrected chi connectivity index (χ4v) is 3.20. The molecule has 0 radical (unpaired) electrons. The zero-order valence-electron chi connectivity index (χ0n) is 14.4. The standard InChI is InChI=1S/C19H18F2N4O/c1-10(2)19-22-14-5-6-25(9-15(14)23-19)8-11-7-16(26)24-18-12(11)3-4-13(20)17(18)21/h3-7,10H,8-9H2,1-2H3,(H,22,23)(H,24,26). The zero-order chi connectivity index (χ0) is 18.4. The van der Waals surface area contributed by atoms with Crippen LogP contribution in [0.15, 0.2) is 29.2 Å². The van der Waals surface area contributed by atoms with E-state index in [-0.39, 0.29) is 5.52 Å². The van der Waals surface area contributed by atoms with Crippen molar-refractivity contribution in [1.82, 2.24) is 19.9 Å². The van der Waals surface area contributed by atoms with E-state index in [0.29, 0.717) is 30.0 Å². The summed E-state index contributed by atoms with van der Waals surface area (Å²) in [6, 6.07) is 3.99. The molecule has 0 saturated heterocycles. The maximum Gasteiger partial charge on any atom is 0.248 e.